The molecule has 3 rings (SSSR count). The van der Waals surface area contributed by atoms with Crippen LogP contribution < -0.4 is 5.32 Å². The van der Waals surface area contributed by atoms with E-state index in [2.05, 4.69) is 29.5 Å². The van der Waals surface area contributed by atoms with E-state index >= 15 is 0 Å². The van der Waals surface area contributed by atoms with E-state index in [0.29, 0.717) is 12.8 Å². The van der Waals surface area contributed by atoms with Crippen molar-refractivity contribution in [2.75, 3.05) is 0 Å². The third-order valence-corrected chi connectivity index (χ3v) is 4.06. The minimum absolute atomic E-state index is 0.106. The second kappa shape index (κ2) is 6.24. The second-order valence-electron chi connectivity index (χ2n) is 5.35. The van der Waals surface area contributed by atoms with Crippen LogP contribution in [-0.2, 0) is 9.59 Å². The van der Waals surface area contributed by atoms with Gasteiger partial charge in [0.1, 0.15) is 6.04 Å². The van der Waals surface area contributed by atoms with E-state index in [1.807, 2.05) is 31.9 Å². The fraction of sp³-hybridized carbons (Fsp3) is 0.562. The molecule has 0 radical (unpaired) electrons. The topological polar surface area (TPSA) is 61.8 Å². The number of hydrogen-bond donors (Lipinski definition) is 1. The zero-order chi connectivity index (χ0) is 15.6. The first-order valence-corrected chi connectivity index (χ1v) is 7.60. The monoisotopic (exact) mass is 289 g/mol. The SMILES string of the molecule is CC.CC1=CC=CC2C1C(C)=NN2C1CCC(=O)NC1=O. The Morgan fingerprint density at radius 2 is 2.00 bits per heavy atom. The average molecular weight is 289 g/mol. The van der Waals surface area contributed by atoms with Crippen LogP contribution in [0.3, 0.4) is 0 Å². The first-order valence-electron chi connectivity index (χ1n) is 7.60. The zero-order valence-corrected chi connectivity index (χ0v) is 13.1. The van der Waals surface area contributed by atoms with Crippen molar-refractivity contribution in [3.63, 3.8) is 0 Å². The van der Waals surface area contributed by atoms with E-state index in [9.17, 15) is 9.59 Å². The number of piperidine rings is 1. The lowest BCUT2D eigenvalue weighted by atomic mass is 9.85. The highest BCUT2D eigenvalue weighted by Gasteiger charge is 2.42. The van der Waals surface area contributed by atoms with Gasteiger partial charge in [-0.3, -0.25) is 19.9 Å². The number of allylic oxidation sites excluding steroid dienone is 2. The van der Waals surface area contributed by atoms with Crippen LogP contribution in [0.2, 0.25) is 0 Å². The maximum absolute atomic E-state index is 12.0. The summed E-state index contributed by atoms with van der Waals surface area (Å²) in [6.07, 6.45) is 7.12. The van der Waals surface area contributed by atoms with Crippen molar-refractivity contribution in [1.29, 1.82) is 0 Å². The lowest BCUT2D eigenvalue weighted by molar-refractivity contribution is -0.137. The van der Waals surface area contributed by atoms with E-state index in [1.54, 1.807) is 0 Å². The molecule has 5 nitrogen and oxygen atoms in total. The van der Waals surface area contributed by atoms with E-state index in [0.717, 1.165) is 5.71 Å². The number of hydrazone groups is 1. The fourth-order valence-electron chi connectivity index (χ4n) is 3.15. The second-order valence-corrected chi connectivity index (χ2v) is 5.35. The minimum Gasteiger partial charge on any atom is -0.295 e. The van der Waals surface area contributed by atoms with Crippen LogP contribution in [0.5, 0.6) is 0 Å². The molecule has 1 saturated heterocycles. The molecule has 1 fully saturated rings. The van der Waals surface area contributed by atoms with E-state index in [1.165, 1.54) is 5.57 Å². The van der Waals surface area contributed by atoms with Gasteiger partial charge in [-0.15, -0.1) is 0 Å². The summed E-state index contributed by atoms with van der Waals surface area (Å²) in [6, 6.07) is -0.229. The Balaban J connectivity index is 0.000000774. The minimum atomic E-state index is -0.335. The summed E-state index contributed by atoms with van der Waals surface area (Å²) in [5, 5.41) is 8.84. The number of nitrogens with zero attached hydrogens (tertiary/aromatic N) is 2. The molecule has 21 heavy (non-hydrogen) atoms. The van der Waals surface area contributed by atoms with E-state index in [4.69, 9.17) is 0 Å². The molecule has 2 heterocycles. The summed E-state index contributed by atoms with van der Waals surface area (Å²) in [4.78, 5) is 23.2. The Morgan fingerprint density at radius 3 is 2.67 bits per heavy atom. The van der Waals surface area contributed by atoms with Crippen LogP contribution in [0.1, 0.15) is 40.5 Å². The first kappa shape index (κ1) is 15.5. The predicted octanol–water partition coefficient (Wildman–Crippen LogP) is 2.01. The lowest BCUT2D eigenvalue weighted by Crippen LogP contribution is -2.53. The van der Waals surface area contributed by atoms with Crippen molar-refractivity contribution in [2.24, 2.45) is 11.0 Å². The van der Waals surface area contributed by atoms with Crippen LogP contribution in [-0.4, -0.2) is 34.6 Å². The van der Waals surface area contributed by atoms with Crippen LogP contribution in [0, 0.1) is 5.92 Å². The Bertz CT molecular complexity index is 534. The molecule has 0 aromatic carbocycles. The lowest BCUT2D eigenvalue weighted by Gasteiger charge is -2.34. The maximum atomic E-state index is 12.0. The fourth-order valence-corrected chi connectivity index (χ4v) is 3.15. The predicted molar refractivity (Wildman–Crippen MR) is 82.6 cm³/mol. The van der Waals surface area contributed by atoms with Gasteiger partial charge in [0.15, 0.2) is 0 Å². The molecule has 3 aliphatic rings. The van der Waals surface area contributed by atoms with Crippen molar-refractivity contribution in [3.05, 3.63) is 23.8 Å². The molecule has 2 aliphatic heterocycles. The number of imide groups is 1. The quantitative estimate of drug-likeness (QED) is 0.751. The van der Waals surface area contributed by atoms with Gasteiger partial charge in [0, 0.05) is 18.1 Å². The Kier molecular flexibility index (Phi) is 4.60. The largest absolute Gasteiger partial charge is 0.295 e. The smallest absolute Gasteiger partial charge is 0.251 e. The van der Waals surface area contributed by atoms with Crippen molar-refractivity contribution < 1.29 is 9.59 Å². The third kappa shape index (κ3) is 2.77. The number of carbonyl (C=O) groups excluding carboxylic acids is 2. The molecule has 2 amide bonds. The molecule has 1 N–H and O–H groups in total. The van der Waals surface area contributed by atoms with Gasteiger partial charge in [0.05, 0.1) is 6.04 Å². The van der Waals surface area contributed by atoms with Crippen LogP contribution in [0.4, 0.5) is 0 Å². The summed E-state index contributed by atoms with van der Waals surface area (Å²) in [7, 11) is 0. The Morgan fingerprint density at radius 1 is 1.29 bits per heavy atom. The zero-order valence-electron chi connectivity index (χ0n) is 13.1. The molecule has 1 aliphatic carbocycles. The molecule has 0 saturated carbocycles. The number of nitrogens with one attached hydrogen (secondary N) is 1. The van der Waals surface area contributed by atoms with Gasteiger partial charge in [-0.1, -0.05) is 37.6 Å². The summed E-state index contributed by atoms with van der Waals surface area (Å²) < 4.78 is 0. The molecule has 0 spiro atoms. The number of fused-ring (bicyclic) bond motifs is 1. The molecule has 3 atom stereocenters. The number of hydrogen-bond acceptors (Lipinski definition) is 4. The summed E-state index contributed by atoms with van der Waals surface area (Å²) in [6.45, 7) is 8.09. The summed E-state index contributed by atoms with van der Waals surface area (Å²) >= 11 is 0. The standard InChI is InChI=1S/C14H17N3O2.C2H6/c1-8-4-3-5-10-13(8)9(2)16-17(10)11-6-7-12(18)15-14(11)19;1-2/h3-5,10-11,13H,6-7H2,1-2H3,(H,15,18,19);1-2H3. The van der Waals surface area contributed by atoms with Gasteiger partial charge in [0.2, 0.25) is 5.91 Å². The van der Waals surface area contributed by atoms with Gasteiger partial charge in [-0.2, -0.15) is 5.10 Å². The molecule has 0 bridgehead atoms. The summed E-state index contributed by atoms with van der Waals surface area (Å²) in [5.74, 6) is -0.155. The van der Waals surface area contributed by atoms with Crippen molar-refractivity contribution in [2.45, 2.75) is 52.6 Å². The molecule has 0 aromatic heterocycles. The van der Waals surface area contributed by atoms with Crippen molar-refractivity contribution in [1.82, 2.24) is 10.3 Å². The van der Waals surface area contributed by atoms with Crippen LogP contribution in [0.25, 0.3) is 0 Å². The molecular weight excluding hydrogens is 266 g/mol. The van der Waals surface area contributed by atoms with Gasteiger partial charge >= 0.3 is 0 Å². The Labute approximate surface area is 125 Å². The molecule has 114 valence electrons. The molecule has 0 aromatic rings. The first-order chi connectivity index (χ1) is 10.1. The third-order valence-electron chi connectivity index (χ3n) is 4.06. The van der Waals surface area contributed by atoms with Crippen LogP contribution in [0.15, 0.2) is 28.9 Å². The summed E-state index contributed by atoms with van der Waals surface area (Å²) in [5.41, 5.74) is 2.30. The van der Waals surface area contributed by atoms with Gasteiger partial charge < -0.3 is 0 Å². The van der Waals surface area contributed by atoms with Crippen molar-refractivity contribution >= 4 is 17.5 Å². The highest BCUT2D eigenvalue weighted by atomic mass is 16.2. The molecular formula is C16H23N3O2. The Hall–Kier alpha value is -1.91. The molecule has 5 heteroatoms. The average Bonchev–Trinajstić information content (AvgIpc) is 2.80. The highest BCUT2D eigenvalue weighted by Crippen LogP contribution is 2.34. The van der Waals surface area contributed by atoms with E-state index < -0.39 is 0 Å². The highest BCUT2D eigenvalue weighted by molar-refractivity contribution is 6.00. The van der Waals surface area contributed by atoms with Gasteiger partial charge in [0.25, 0.3) is 5.91 Å². The van der Waals surface area contributed by atoms with Crippen molar-refractivity contribution in [3.8, 4) is 0 Å². The van der Waals surface area contributed by atoms with Crippen LogP contribution >= 0.6 is 0 Å². The maximum Gasteiger partial charge on any atom is 0.251 e. The normalized spacial score (nSPS) is 30.9. The van der Waals surface area contributed by atoms with Gasteiger partial charge in [-0.25, -0.2) is 0 Å². The molecule has 3 unspecified atom stereocenters. The number of rotatable bonds is 1. The number of carbonyl (C=O) groups is 2. The van der Waals surface area contributed by atoms with Gasteiger partial charge in [-0.05, 0) is 20.3 Å². The number of amides is 2. The van der Waals surface area contributed by atoms with E-state index in [-0.39, 0.29) is 29.8 Å².